The molecular formula is C24H23ClN4O2S. The number of aliphatic hydroxyl groups is 1. The van der Waals surface area contributed by atoms with Gasteiger partial charge in [0.25, 0.3) is 0 Å². The molecule has 0 aliphatic carbocycles. The number of halogens is 1. The van der Waals surface area contributed by atoms with Crippen molar-refractivity contribution in [3.8, 4) is 11.1 Å². The zero-order chi connectivity index (χ0) is 22.7. The van der Waals surface area contributed by atoms with Gasteiger partial charge in [0.1, 0.15) is 5.15 Å². The number of thioether (sulfide) groups is 1. The first-order chi connectivity index (χ1) is 15.4. The molecular weight excluding hydrogens is 444 g/mol. The lowest BCUT2D eigenvalue weighted by Crippen LogP contribution is -2.06. The Morgan fingerprint density at radius 2 is 1.97 bits per heavy atom. The van der Waals surface area contributed by atoms with Crippen LogP contribution in [0.15, 0.2) is 59.6 Å². The van der Waals surface area contributed by atoms with Crippen molar-refractivity contribution in [3.05, 3.63) is 71.0 Å². The monoisotopic (exact) mass is 466 g/mol. The van der Waals surface area contributed by atoms with Gasteiger partial charge in [-0.1, -0.05) is 29.8 Å². The molecule has 0 saturated carbocycles. The number of hydrogen-bond donors (Lipinski definition) is 3. The summed E-state index contributed by atoms with van der Waals surface area (Å²) in [4.78, 5) is 24.3. The molecule has 4 rings (SSSR count). The highest BCUT2D eigenvalue weighted by molar-refractivity contribution is 7.99. The van der Waals surface area contributed by atoms with Gasteiger partial charge in [-0.05, 0) is 60.4 Å². The predicted octanol–water partition coefficient (Wildman–Crippen LogP) is 5.62. The van der Waals surface area contributed by atoms with Crippen molar-refractivity contribution in [2.45, 2.75) is 31.3 Å². The van der Waals surface area contributed by atoms with E-state index in [9.17, 15) is 9.90 Å². The van der Waals surface area contributed by atoms with E-state index in [1.807, 2.05) is 42.5 Å². The minimum atomic E-state index is -0.459. The fraction of sp³-hybridized carbons (Fsp3) is 0.208. The Morgan fingerprint density at radius 3 is 2.69 bits per heavy atom. The number of H-pyrrole nitrogens is 1. The van der Waals surface area contributed by atoms with Gasteiger partial charge in [0.15, 0.2) is 0 Å². The molecule has 0 radical (unpaired) electrons. The van der Waals surface area contributed by atoms with Crippen LogP contribution in [0, 0.1) is 0 Å². The fourth-order valence-electron chi connectivity index (χ4n) is 3.36. The molecule has 0 fully saturated rings. The van der Waals surface area contributed by atoms with Crippen molar-refractivity contribution in [3.63, 3.8) is 0 Å². The molecule has 1 atom stereocenters. The van der Waals surface area contributed by atoms with Gasteiger partial charge in [0.05, 0.1) is 17.1 Å². The van der Waals surface area contributed by atoms with E-state index in [2.05, 4.69) is 26.3 Å². The van der Waals surface area contributed by atoms with Crippen LogP contribution in [-0.4, -0.2) is 31.7 Å². The van der Waals surface area contributed by atoms with Gasteiger partial charge < -0.3 is 10.1 Å². The molecule has 164 valence electrons. The van der Waals surface area contributed by atoms with Crippen molar-refractivity contribution in [2.75, 3.05) is 11.1 Å². The summed E-state index contributed by atoms with van der Waals surface area (Å²) < 4.78 is 0. The Morgan fingerprint density at radius 1 is 1.19 bits per heavy atom. The zero-order valence-electron chi connectivity index (χ0n) is 17.7. The SMILES string of the molecule is CC(=O)Nc1nc2ccc(-c3cnc(Cl)c(CCSc4ccc(C(C)O)cc4)c3)cc2[nH]1. The van der Waals surface area contributed by atoms with Crippen LogP contribution in [0.2, 0.25) is 5.15 Å². The highest BCUT2D eigenvalue weighted by atomic mass is 35.5. The highest BCUT2D eigenvalue weighted by Gasteiger charge is 2.09. The van der Waals surface area contributed by atoms with E-state index in [-0.39, 0.29) is 5.91 Å². The van der Waals surface area contributed by atoms with E-state index >= 15 is 0 Å². The summed E-state index contributed by atoms with van der Waals surface area (Å²) in [7, 11) is 0. The topological polar surface area (TPSA) is 90.9 Å². The van der Waals surface area contributed by atoms with Crippen LogP contribution in [0.5, 0.6) is 0 Å². The number of fused-ring (bicyclic) bond motifs is 1. The number of amides is 1. The van der Waals surface area contributed by atoms with Gasteiger partial charge in [-0.25, -0.2) is 9.97 Å². The number of carbonyl (C=O) groups excluding carboxylic acids is 1. The number of pyridine rings is 1. The molecule has 4 aromatic rings. The molecule has 0 aliphatic rings. The van der Waals surface area contributed by atoms with Crippen molar-refractivity contribution < 1.29 is 9.90 Å². The van der Waals surface area contributed by atoms with Crippen LogP contribution in [0.3, 0.4) is 0 Å². The molecule has 2 aromatic carbocycles. The number of imidazole rings is 1. The van der Waals surface area contributed by atoms with E-state index in [0.717, 1.165) is 50.4 Å². The molecule has 2 aromatic heterocycles. The number of aromatic nitrogens is 3. The second-order valence-corrected chi connectivity index (χ2v) is 9.04. The summed E-state index contributed by atoms with van der Waals surface area (Å²) in [6, 6.07) is 15.9. The van der Waals surface area contributed by atoms with E-state index in [1.54, 1.807) is 24.9 Å². The fourth-order valence-corrected chi connectivity index (χ4v) is 4.45. The summed E-state index contributed by atoms with van der Waals surface area (Å²) in [5.74, 6) is 1.11. The summed E-state index contributed by atoms with van der Waals surface area (Å²) >= 11 is 8.10. The molecule has 2 heterocycles. The lowest BCUT2D eigenvalue weighted by atomic mass is 10.0. The Hall–Kier alpha value is -2.87. The first kappa shape index (κ1) is 22.3. The summed E-state index contributed by atoms with van der Waals surface area (Å²) in [6.45, 7) is 3.21. The number of aryl methyl sites for hydroxylation is 1. The lowest BCUT2D eigenvalue weighted by molar-refractivity contribution is -0.114. The molecule has 0 bridgehead atoms. The highest BCUT2D eigenvalue weighted by Crippen LogP contribution is 2.28. The number of benzene rings is 2. The first-order valence-corrected chi connectivity index (χ1v) is 11.6. The minimum absolute atomic E-state index is 0.174. The third kappa shape index (κ3) is 5.30. The minimum Gasteiger partial charge on any atom is -0.389 e. The van der Waals surface area contributed by atoms with Gasteiger partial charge in [0.2, 0.25) is 11.9 Å². The van der Waals surface area contributed by atoms with Crippen LogP contribution in [0.4, 0.5) is 5.95 Å². The number of nitrogens with zero attached hydrogens (tertiary/aromatic N) is 2. The van der Waals surface area contributed by atoms with Crippen LogP contribution in [0.25, 0.3) is 22.2 Å². The molecule has 8 heteroatoms. The van der Waals surface area contributed by atoms with Gasteiger partial charge in [0, 0.05) is 29.3 Å². The number of hydrogen-bond acceptors (Lipinski definition) is 5. The molecule has 3 N–H and O–H groups in total. The van der Waals surface area contributed by atoms with Crippen LogP contribution >= 0.6 is 23.4 Å². The van der Waals surface area contributed by atoms with Gasteiger partial charge >= 0.3 is 0 Å². The van der Waals surface area contributed by atoms with Crippen molar-refractivity contribution in [1.29, 1.82) is 0 Å². The third-order valence-corrected chi connectivity index (χ3v) is 6.38. The van der Waals surface area contributed by atoms with Crippen LogP contribution in [0.1, 0.15) is 31.1 Å². The number of carbonyl (C=O) groups is 1. The van der Waals surface area contributed by atoms with E-state index in [4.69, 9.17) is 11.6 Å². The van der Waals surface area contributed by atoms with Gasteiger partial charge in [-0.2, -0.15) is 0 Å². The maximum atomic E-state index is 11.3. The number of nitrogens with one attached hydrogen (secondary N) is 2. The smallest absolute Gasteiger partial charge is 0.223 e. The van der Waals surface area contributed by atoms with Gasteiger partial charge in [-0.3, -0.25) is 10.1 Å². The second kappa shape index (κ2) is 9.73. The van der Waals surface area contributed by atoms with Crippen LogP contribution in [-0.2, 0) is 11.2 Å². The number of aliphatic hydroxyl groups excluding tert-OH is 1. The average molecular weight is 467 g/mol. The largest absolute Gasteiger partial charge is 0.389 e. The molecule has 0 spiro atoms. The summed E-state index contributed by atoms with van der Waals surface area (Å²) in [6.07, 6.45) is 2.08. The third-order valence-electron chi connectivity index (χ3n) is 5.02. The van der Waals surface area contributed by atoms with E-state index in [0.29, 0.717) is 11.1 Å². The van der Waals surface area contributed by atoms with Gasteiger partial charge in [-0.15, -0.1) is 11.8 Å². The van der Waals surface area contributed by atoms with Crippen molar-refractivity contribution in [1.82, 2.24) is 15.0 Å². The molecule has 1 amide bonds. The molecule has 6 nitrogen and oxygen atoms in total. The molecule has 0 aliphatic heterocycles. The zero-order valence-corrected chi connectivity index (χ0v) is 19.3. The van der Waals surface area contributed by atoms with E-state index in [1.165, 1.54) is 6.92 Å². The average Bonchev–Trinajstić information content (AvgIpc) is 3.16. The summed E-state index contributed by atoms with van der Waals surface area (Å²) in [5, 5.41) is 12.8. The molecule has 1 unspecified atom stereocenters. The number of aromatic amines is 1. The van der Waals surface area contributed by atoms with E-state index < -0.39 is 6.10 Å². The Kier molecular flexibility index (Phi) is 6.79. The maximum absolute atomic E-state index is 11.3. The normalized spacial score (nSPS) is 12.1. The Balaban J connectivity index is 1.47. The lowest BCUT2D eigenvalue weighted by Gasteiger charge is -2.09. The standard InChI is InChI=1S/C24H23ClN4O2S/c1-14(30)16-3-6-20(7-4-16)32-10-9-18-11-19(13-26-23(18)25)17-5-8-21-22(12-17)29-24(28-21)27-15(2)31/h3-8,11-14,30H,9-10H2,1-2H3,(H2,27,28,29,31). The maximum Gasteiger partial charge on any atom is 0.223 e. The van der Waals surface area contributed by atoms with Crippen molar-refractivity contribution >= 4 is 46.3 Å². The molecule has 32 heavy (non-hydrogen) atoms. The number of anilines is 1. The van der Waals surface area contributed by atoms with Crippen molar-refractivity contribution in [2.24, 2.45) is 0 Å². The predicted molar refractivity (Wildman–Crippen MR) is 130 cm³/mol. The quantitative estimate of drug-likeness (QED) is 0.243. The van der Waals surface area contributed by atoms with Crippen LogP contribution < -0.4 is 5.32 Å². The molecule has 0 saturated heterocycles. The Bertz CT molecular complexity index is 1250. The second-order valence-electron chi connectivity index (χ2n) is 7.52. The first-order valence-electron chi connectivity index (χ1n) is 10.2. The summed E-state index contributed by atoms with van der Waals surface area (Å²) in [5.41, 5.74) is 5.46. The Labute approximate surface area is 195 Å². The number of rotatable bonds is 7.